The molecule has 0 spiro atoms. The third-order valence-electron chi connectivity index (χ3n) is 5.94. The number of carbonyl (C=O) groups excluding carboxylic acids is 2. The van der Waals surface area contributed by atoms with E-state index in [1.54, 1.807) is 23.5 Å². The summed E-state index contributed by atoms with van der Waals surface area (Å²) in [6.45, 7) is 3.21. The molecule has 0 saturated heterocycles. The molecule has 0 aliphatic heterocycles. The van der Waals surface area contributed by atoms with Gasteiger partial charge in [0.15, 0.2) is 0 Å². The van der Waals surface area contributed by atoms with Gasteiger partial charge in [0.05, 0.1) is 5.69 Å². The molecular weight excluding hydrogens is 466 g/mol. The monoisotopic (exact) mass is 497 g/mol. The van der Waals surface area contributed by atoms with E-state index in [1.165, 1.54) is 5.56 Å². The van der Waals surface area contributed by atoms with Crippen LogP contribution in [0, 0.1) is 6.92 Å². The van der Waals surface area contributed by atoms with Gasteiger partial charge in [0.25, 0.3) is 5.91 Å². The normalized spacial score (nSPS) is 10.7. The van der Waals surface area contributed by atoms with E-state index < -0.39 is 0 Å². The van der Waals surface area contributed by atoms with E-state index in [0.29, 0.717) is 25.1 Å². The average molecular weight is 498 g/mol. The fourth-order valence-electron chi connectivity index (χ4n) is 3.80. The number of amides is 2. The first-order chi connectivity index (χ1) is 17.6. The van der Waals surface area contributed by atoms with Crippen molar-refractivity contribution in [2.75, 3.05) is 6.54 Å². The Morgan fingerprint density at radius 3 is 2.28 bits per heavy atom. The number of carbonyl (C=O) groups is 2. The molecule has 4 rings (SSSR count). The van der Waals surface area contributed by atoms with Crippen LogP contribution in [0.5, 0.6) is 0 Å². The number of nitrogens with one attached hydrogen (secondary N) is 2. The van der Waals surface area contributed by atoms with Crippen LogP contribution in [0.1, 0.15) is 47.2 Å². The molecule has 1 heterocycles. The summed E-state index contributed by atoms with van der Waals surface area (Å²) in [6, 6.07) is 25.8. The number of hydrogen-bond acceptors (Lipinski definition) is 4. The molecule has 4 aromatic rings. The lowest BCUT2D eigenvalue weighted by molar-refractivity contribution is -0.121. The van der Waals surface area contributed by atoms with Crippen LogP contribution < -0.4 is 10.6 Å². The SMILES string of the molecule is Cc1ccc(-c2csc(-c3ccc(CNC(=O)CCCCCNC(=O)c4ccccc4)cc3)n2)cc1. The van der Waals surface area contributed by atoms with Crippen molar-refractivity contribution >= 4 is 23.2 Å². The van der Waals surface area contributed by atoms with E-state index in [9.17, 15) is 9.59 Å². The Bertz CT molecular complexity index is 1270. The lowest BCUT2D eigenvalue weighted by Gasteiger charge is -2.07. The predicted octanol–water partition coefficient (Wildman–Crippen LogP) is 6.39. The van der Waals surface area contributed by atoms with Crippen molar-refractivity contribution in [1.29, 1.82) is 0 Å². The number of rotatable bonds is 11. The Labute approximate surface area is 216 Å². The molecule has 5 nitrogen and oxygen atoms in total. The Kier molecular flexibility index (Phi) is 9.00. The Balaban J connectivity index is 1.14. The maximum absolute atomic E-state index is 12.2. The van der Waals surface area contributed by atoms with Gasteiger partial charge in [-0.1, -0.05) is 78.7 Å². The fraction of sp³-hybridized carbons (Fsp3) is 0.233. The van der Waals surface area contributed by atoms with Crippen LogP contribution in [0.4, 0.5) is 0 Å². The molecule has 0 fully saturated rings. The van der Waals surface area contributed by atoms with Crippen LogP contribution in [-0.4, -0.2) is 23.3 Å². The van der Waals surface area contributed by atoms with Crippen molar-refractivity contribution in [3.63, 3.8) is 0 Å². The second-order valence-electron chi connectivity index (χ2n) is 8.81. The molecule has 184 valence electrons. The van der Waals surface area contributed by atoms with Gasteiger partial charge in [0.1, 0.15) is 5.01 Å². The van der Waals surface area contributed by atoms with Crippen molar-refractivity contribution in [3.8, 4) is 21.8 Å². The summed E-state index contributed by atoms with van der Waals surface area (Å²) in [4.78, 5) is 29.0. The maximum Gasteiger partial charge on any atom is 0.251 e. The lowest BCUT2D eigenvalue weighted by Crippen LogP contribution is -2.24. The smallest absolute Gasteiger partial charge is 0.251 e. The first-order valence-electron chi connectivity index (χ1n) is 12.3. The van der Waals surface area contributed by atoms with Crippen molar-refractivity contribution in [2.24, 2.45) is 0 Å². The predicted molar refractivity (Wildman–Crippen MR) is 147 cm³/mol. The van der Waals surface area contributed by atoms with Gasteiger partial charge in [-0.25, -0.2) is 4.98 Å². The van der Waals surface area contributed by atoms with Crippen LogP contribution in [0.15, 0.2) is 84.2 Å². The van der Waals surface area contributed by atoms with Gasteiger partial charge in [-0.15, -0.1) is 11.3 Å². The Morgan fingerprint density at radius 2 is 1.53 bits per heavy atom. The fourth-order valence-corrected chi connectivity index (χ4v) is 4.63. The molecule has 0 saturated carbocycles. The average Bonchev–Trinajstić information content (AvgIpc) is 3.41. The number of thiazole rings is 1. The maximum atomic E-state index is 12.2. The number of hydrogen-bond donors (Lipinski definition) is 2. The highest BCUT2D eigenvalue weighted by Crippen LogP contribution is 2.29. The molecule has 0 atom stereocenters. The highest BCUT2D eigenvalue weighted by molar-refractivity contribution is 7.13. The molecular formula is C30H31N3O2S. The van der Waals surface area contributed by atoms with E-state index in [4.69, 9.17) is 4.98 Å². The molecule has 0 aliphatic rings. The van der Waals surface area contributed by atoms with Gasteiger partial charge in [0, 0.05) is 41.6 Å². The van der Waals surface area contributed by atoms with Gasteiger partial charge < -0.3 is 10.6 Å². The number of aromatic nitrogens is 1. The standard InChI is InChI=1S/C30H31N3O2S/c1-22-11-15-24(16-12-22)27-21-36-30(33-27)26-17-13-23(14-18-26)20-32-28(34)10-6-3-7-19-31-29(35)25-8-4-2-5-9-25/h2,4-5,8-9,11-18,21H,3,6-7,10,19-20H2,1H3,(H,31,35)(H,32,34). The quantitative estimate of drug-likeness (QED) is 0.236. The number of unbranched alkanes of at least 4 members (excludes halogenated alkanes) is 2. The summed E-state index contributed by atoms with van der Waals surface area (Å²) < 4.78 is 0. The highest BCUT2D eigenvalue weighted by Gasteiger charge is 2.08. The summed E-state index contributed by atoms with van der Waals surface area (Å²) in [7, 11) is 0. The summed E-state index contributed by atoms with van der Waals surface area (Å²) in [5, 5.41) is 8.99. The molecule has 0 unspecified atom stereocenters. The van der Waals surface area contributed by atoms with Crippen LogP contribution in [0.25, 0.3) is 21.8 Å². The van der Waals surface area contributed by atoms with Gasteiger partial charge in [-0.2, -0.15) is 0 Å². The highest BCUT2D eigenvalue weighted by atomic mass is 32.1. The molecule has 2 amide bonds. The van der Waals surface area contributed by atoms with Crippen molar-refractivity contribution < 1.29 is 9.59 Å². The molecule has 6 heteroatoms. The van der Waals surface area contributed by atoms with E-state index in [0.717, 1.165) is 46.7 Å². The van der Waals surface area contributed by atoms with Crippen LogP contribution in [-0.2, 0) is 11.3 Å². The number of aryl methyl sites for hydroxylation is 1. The molecule has 0 radical (unpaired) electrons. The van der Waals surface area contributed by atoms with Crippen LogP contribution in [0.2, 0.25) is 0 Å². The Hall–Kier alpha value is -3.77. The summed E-state index contributed by atoms with van der Waals surface area (Å²) in [6.07, 6.45) is 3.05. The third kappa shape index (κ3) is 7.36. The number of nitrogens with zero attached hydrogens (tertiary/aromatic N) is 1. The van der Waals surface area contributed by atoms with Crippen molar-refractivity contribution in [3.05, 3.63) is 101 Å². The molecule has 0 aliphatic carbocycles. The molecule has 36 heavy (non-hydrogen) atoms. The van der Waals surface area contributed by atoms with Gasteiger partial charge in [-0.05, 0) is 37.5 Å². The minimum atomic E-state index is -0.0547. The molecule has 0 bridgehead atoms. The van der Waals surface area contributed by atoms with E-state index >= 15 is 0 Å². The van der Waals surface area contributed by atoms with Crippen LogP contribution >= 0.6 is 11.3 Å². The van der Waals surface area contributed by atoms with Gasteiger partial charge in [-0.3, -0.25) is 9.59 Å². The first kappa shape index (κ1) is 25.3. The minimum absolute atomic E-state index is 0.0510. The topological polar surface area (TPSA) is 71.1 Å². The molecule has 2 N–H and O–H groups in total. The Morgan fingerprint density at radius 1 is 0.806 bits per heavy atom. The largest absolute Gasteiger partial charge is 0.352 e. The first-order valence-corrected chi connectivity index (χ1v) is 13.2. The summed E-state index contributed by atoms with van der Waals surface area (Å²) in [5.74, 6) is -0.00371. The van der Waals surface area contributed by atoms with Crippen molar-refractivity contribution in [1.82, 2.24) is 15.6 Å². The van der Waals surface area contributed by atoms with E-state index in [2.05, 4.69) is 59.3 Å². The summed E-state index contributed by atoms with van der Waals surface area (Å²) >= 11 is 1.64. The number of benzene rings is 3. The zero-order valence-electron chi connectivity index (χ0n) is 20.5. The van der Waals surface area contributed by atoms with Crippen molar-refractivity contribution in [2.45, 2.75) is 39.2 Å². The molecule has 1 aromatic heterocycles. The minimum Gasteiger partial charge on any atom is -0.352 e. The van der Waals surface area contributed by atoms with Crippen LogP contribution in [0.3, 0.4) is 0 Å². The second kappa shape index (κ2) is 12.8. The third-order valence-corrected chi connectivity index (χ3v) is 6.84. The second-order valence-corrected chi connectivity index (χ2v) is 9.67. The zero-order chi connectivity index (χ0) is 25.2. The lowest BCUT2D eigenvalue weighted by atomic mass is 10.1. The molecule has 3 aromatic carbocycles. The summed E-state index contributed by atoms with van der Waals surface area (Å²) in [5.41, 5.74) is 6.16. The van der Waals surface area contributed by atoms with Gasteiger partial charge >= 0.3 is 0 Å². The van der Waals surface area contributed by atoms with Gasteiger partial charge in [0.2, 0.25) is 5.91 Å². The zero-order valence-corrected chi connectivity index (χ0v) is 21.3. The van der Waals surface area contributed by atoms with E-state index in [-0.39, 0.29) is 11.8 Å². The van der Waals surface area contributed by atoms with E-state index in [1.807, 2.05) is 30.3 Å².